The average molecular weight is 625 g/mol. The zero-order valence-corrected chi connectivity index (χ0v) is 26.3. The third-order valence-electron chi connectivity index (χ3n) is 8.58. The number of piperazine rings is 1. The molecule has 4 aliphatic rings. The van der Waals surface area contributed by atoms with Gasteiger partial charge in [0.05, 0.1) is 41.1 Å². The Kier molecular flexibility index (Phi) is 10.3. The number of morpholine rings is 1. The molecule has 2 aromatic carbocycles. The molecule has 1 aliphatic carbocycles. The number of rotatable bonds is 12. The third kappa shape index (κ3) is 8.13. The zero-order valence-electron chi connectivity index (χ0n) is 24.7. The first kappa shape index (κ1) is 30.5. The summed E-state index contributed by atoms with van der Waals surface area (Å²) in [5.41, 5.74) is 2.27. The molecule has 8 nitrogen and oxygen atoms in total. The molecule has 3 heterocycles. The lowest BCUT2D eigenvalue weighted by atomic mass is 10.1. The average Bonchev–Trinajstić information content (AvgIpc) is 3.80. The number of carbonyl (C=O) groups is 2. The second-order valence-electron chi connectivity index (χ2n) is 11.8. The van der Waals surface area contributed by atoms with Crippen molar-refractivity contribution in [1.82, 2.24) is 9.80 Å². The fourth-order valence-corrected chi connectivity index (χ4v) is 7.02. The molecule has 230 valence electrons. The van der Waals surface area contributed by atoms with Crippen molar-refractivity contribution in [3.8, 4) is 5.75 Å². The topological polar surface area (TPSA) is 65.6 Å². The Balaban J connectivity index is 0.934. The molecule has 43 heavy (non-hydrogen) atoms. The Morgan fingerprint density at radius 2 is 1.65 bits per heavy atom. The molecule has 0 radical (unpaired) electrons. The van der Waals surface area contributed by atoms with Gasteiger partial charge in [-0.1, -0.05) is 17.7 Å². The Morgan fingerprint density at radius 3 is 2.37 bits per heavy atom. The zero-order chi connectivity index (χ0) is 29.6. The van der Waals surface area contributed by atoms with Gasteiger partial charge in [0.15, 0.2) is 0 Å². The molecule has 2 amide bonds. The highest BCUT2D eigenvalue weighted by atomic mass is 35.5. The monoisotopic (exact) mass is 624 g/mol. The minimum atomic E-state index is -0.332. The van der Waals surface area contributed by atoms with E-state index in [2.05, 4.69) is 14.7 Å². The van der Waals surface area contributed by atoms with Gasteiger partial charge >= 0.3 is 0 Å². The first-order valence-electron chi connectivity index (χ1n) is 15.6. The van der Waals surface area contributed by atoms with Crippen LogP contribution in [0.2, 0.25) is 5.02 Å². The van der Waals surface area contributed by atoms with Crippen molar-refractivity contribution in [3.05, 3.63) is 58.0 Å². The molecule has 0 atom stereocenters. The molecule has 3 aliphatic heterocycles. The van der Waals surface area contributed by atoms with Gasteiger partial charge in [-0.3, -0.25) is 9.59 Å². The van der Waals surface area contributed by atoms with Gasteiger partial charge in [-0.15, -0.1) is 0 Å². The summed E-state index contributed by atoms with van der Waals surface area (Å²) in [6.07, 6.45) is 7.95. The summed E-state index contributed by atoms with van der Waals surface area (Å²) in [5.74, 6) is 1.40. The fourth-order valence-electron chi connectivity index (χ4n) is 5.87. The molecule has 0 unspecified atom stereocenters. The van der Waals surface area contributed by atoms with Gasteiger partial charge in [0.25, 0.3) is 11.1 Å². The van der Waals surface area contributed by atoms with Crippen LogP contribution in [0.3, 0.4) is 0 Å². The van der Waals surface area contributed by atoms with Crippen LogP contribution < -0.4 is 14.5 Å². The van der Waals surface area contributed by atoms with E-state index in [9.17, 15) is 9.59 Å². The quantitative estimate of drug-likeness (QED) is 0.211. The molecule has 0 bridgehead atoms. The Hall–Kier alpha value is -2.56. The number of hydrogen-bond donors (Lipinski definition) is 0. The molecule has 10 heteroatoms. The molecule has 3 saturated heterocycles. The second-order valence-corrected chi connectivity index (χ2v) is 13.2. The van der Waals surface area contributed by atoms with Gasteiger partial charge in [-0.2, -0.15) is 0 Å². The predicted molar refractivity (Wildman–Crippen MR) is 174 cm³/mol. The molecular formula is C33H41ClN4O4S. The third-order valence-corrected chi connectivity index (χ3v) is 9.75. The number of benzene rings is 2. The minimum absolute atomic E-state index is 0.315. The van der Waals surface area contributed by atoms with Gasteiger partial charge < -0.3 is 24.2 Å². The molecular weight excluding hydrogens is 584 g/mol. The van der Waals surface area contributed by atoms with Gasteiger partial charge in [-0.25, -0.2) is 4.90 Å². The summed E-state index contributed by atoms with van der Waals surface area (Å²) in [6, 6.07) is 12.9. The number of unbranched alkanes of at least 4 members (excludes halogenated alkanes) is 2. The number of nitrogens with zero attached hydrogens (tertiary/aromatic N) is 4. The highest BCUT2D eigenvalue weighted by Crippen LogP contribution is 2.37. The van der Waals surface area contributed by atoms with E-state index in [0.717, 1.165) is 60.6 Å². The maximum Gasteiger partial charge on any atom is 0.298 e. The normalized spacial score (nSPS) is 21.3. The number of imide groups is 1. The van der Waals surface area contributed by atoms with Crippen molar-refractivity contribution in [1.29, 1.82) is 0 Å². The summed E-state index contributed by atoms with van der Waals surface area (Å²) in [4.78, 5) is 35.0. The lowest BCUT2D eigenvalue weighted by Gasteiger charge is -2.34. The summed E-state index contributed by atoms with van der Waals surface area (Å²) in [7, 11) is 0. The number of hydrogen-bond acceptors (Lipinski definition) is 8. The largest absolute Gasteiger partial charge is 0.494 e. The van der Waals surface area contributed by atoms with Gasteiger partial charge in [0.2, 0.25) is 0 Å². The number of anilines is 2. The second kappa shape index (κ2) is 14.5. The maximum absolute atomic E-state index is 13.2. The molecule has 2 aromatic rings. The number of carbonyl (C=O) groups excluding carboxylic acids is 2. The van der Waals surface area contributed by atoms with Crippen LogP contribution in [0.25, 0.3) is 6.08 Å². The van der Waals surface area contributed by atoms with Crippen LogP contribution in [0.1, 0.15) is 37.7 Å². The van der Waals surface area contributed by atoms with Crippen LogP contribution in [0.5, 0.6) is 5.75 Å². The summed E-state index contributed by atoms with van der Waals surface area (Å²) in [6.45, 7) is 10.9. The van der Waals surface area contributed by atoms with E-state index in [-0.39, 0.29) is 11.1 Å². The highest BCUT2D eigenvalue weighted by molar-refractivity contribution is 8.19. The van der Waals surface area contributed by atoms with E-state index in [1.165, 1.54) is 63.4 Å². The summed E-state index contributed by atoms with van der Waals surface area (Å²) >= 11 is 7.51. The van der Waals surface area contributed by atoms with E-state index in [1.807, 2.05) is 30.3 Å². The fraction of sp³-hybridized carbons (Fsp3) is 0.515. The molecule has 4 fully saturated rings. The van der Waals surface area contributed by atoms with Crippen LogP contribution in [-0.4, -0.2) is 93.1 Å². The van der Waals surface area contributed by atoms with Gasteiger partial charge in [0.1, 0.15) is 5.75 Å². The first-order chi connectivity index (χ1) is 21.0. The van der Waals surface area contributed by atoms with E-state index in [4.69, 9.17) is 21.1 Å². The molecule has 6 rings (SSSR count). The van der Waals surface area contributed by atoms with Crippen molar-refractivity contribution >= 4 is 52.0 Å². The Bertz CT molecular complexity index is 1300. The Morgan fingerprint density at radius 1 is 0.907 bits per heavy atom. The first-order valence-corrected chi connectivity index (χ1v) is 16.8. The van der Waals surface area contributed by atoms with Crippen molar-refractivity contribution in [2.24, 2.45) is 5.92 Å². The van der Waals surface area contributed by atoms with Gasteiger partial charge in [-0.05, 0) is 104 Å². The van der Waals surface area contributed by atoms with Crippen LogP contribution in [0.4, 0.5) is 16.2 Å². The molecule has 0 spiro atoms. The highest BCUT2D eigenvalue weighted by Gasteiger charge is 2.36. The smallest absolute Gasteiger partial charge is 0.298 e. The minimum Gasteiger partial charge on any atom is -0.494 e. The van der Waals surface area contributed by atoms with E-state index < -0.39 is 0 Å². The number of ether oxygens (including phenoxy) is 2. The lowest BCUT2D eigenvalue weighted by molar-refractivity contribution is -0.113. The van der Waals surface area contributed by atoms with Crippen LogP contribution in [-0.2, 0) is 9.53 Å². The van der Waals surface area contributed by atoms with Crippen molar-refractivity contribution < 1.29 is 19.1 Å². The predicted octanol–water partition coefficient (Wildman–Crippen LogP) is 5.99. The van der Waals surface area contributed by atoms with Crippen molar-refractivity contribution in [2.75, 3.05) is 82.0 Å². The SMILES string of the molecule is O=C1SC(=Cc2ccc(N3CCOCC3)c(Cl)c2)C(=O)N1c1ccc(OCCCCCN2CCN(CC3CC3)CC2)cc1. The molecule has 0 aromatic heterocycles. The Labute approximate surface area is 263 Å². The molecule has 0 N–H and O–H groups in total. The van der Waals surface area contributed by atoms with Crippen LogP contribution >= 0.6 is 23.4 Å². The van der Waals surface area contributed by atoms with Crippen LogP contribution in [0, 0.1) is 5.92 Å². The summed E-state index contributed by atoms with van der Waals surface area (Å²) in [5, 5.41) is 0.299. The standard InChI is InChI=1S/C33H41ClN4O4S/c34-29-22-26(6-11-30(29)37-17-20-41-21-18-37)23-31-32(39)38(33(40)43-31)27-7-9-28(10-8-27)42-19-3-1-2-12-35-13-15-36(16-14-35)24-25-4-5-25/h6-11,22-23,25H,1-5,12-21,24H2. The number of thioether (sulfide) groups is 1. The van der Waals surface area contributed by atoms with Crippen molar-refractivity contribution in [2.45, 2.75) is 32.1 Å². The van der Waals surface area contributed by atoms with E-state index in [1.54, 1.807) is 18.2 Å². The number of amides is 2. The van der Waals surface area contributed by atoms with Crippen LogP contribution in [0.15, 0.2) is 47.4 Å². The summed E-state index contributed by atoms with van der Waals surface area (Å²) < 4.78 is 11.4. The van der Waals surface area contributed by atoms with Crippen molar-refractivity contribution in [3.63, 3.8) is 0 Å². The maximum atomic E-state index is 13.2. The van der Waals surface area contributed by atoms with E-state index in [0.29, 0.717) is 35.4 Å². The number of halogens is 1. The van der Waals surface area contributed by atoms with E-state index >= 15 is 0 Å². The lowest BCUT2D eigenvalue weighted by Crippen LogP contribution is -2.47. The molecule has 1 saturated carbocycles. The van der Waals surface area contributed by atoms with Gasteiger partial charge in [0, 0.05) is 45.8 Å².